The largest absolute Gasteiger partial charge is 0.374 e. The average Bonchev–Trinajstić information content (AvgIpc) is 3.00. The second-order valence-electron chi connectivity index (χ2n) is 3.99. The van der Waals surface area contributed by atoms with Gasteiger partial charge >= 0.3 is 0 Å². The molecule has 1 fully saturated rings. The quantitative estimate of drug-likeness (QED) is 0.903. The molecule has 2 aromatic heterocycles. The van der Waals surface area contributed by atoms with Crippen molar-refractivity contribution in [3.63, 3.8) is 0 Å². The summed E-state index contributed by atoms with van der Waals surface area (Å²) in [7, 11) is 0. The maximum absolute atomic E-state index is 5.72. The standard InChI is InChI=1S/C10H10ClN7S/c11-7-1-2-8(15-14-7)18-4-3-6(5-18)13-10-17-16-9(12)19-10/h1-2H,3-5H2,(H2,12,16)/b13-6+. The molecule has 1 aliphatic rings. The van der Waals surface area contributed by atoms with Crippen LogP contribution in [0.4, 0.5) is 16.1 Å². The van der Waals surface area contributed by atoms with Gasteiger partial charge in [0.2, 0.25) is 10.3 Å². The molecule has 0 bridgehead atoms. The molecule has 1 saturated heterocycles. The highest BCUT2D eigenvalue weighted by Gasteiger charge is 2.20. The van der Waals surface area contributed by atoms with Gasteiger partial charge in [-0.2, -0.15) is 0 Å². The third kappa shape index (κ3) is 2.79. The second-order valence-corrected chi connectivity index (χ2v) is 5.36. The first-order valence-electron chi connectivity index (χ1n) is 5.60. The molecule has 0 amide bonds. The summed E-state index contributed by atoms with van der Waals surface area (Å²) in [5, 5.41) is 16.9. The molecule has 0 spiro atoms. The molecule has 3 heterocycles. The molecule has 19 heavy (non-hydrogen) atoms. The number of aliphatic imine (C=N–C) groups is 1. The van der Waals surface area contributed by atoms with E-state index in [1.807, 2.05) is 6.07 Å². The molecule has 3 rings (SSSR count). The zero-order valence-corrected chi connectivity index (χ0v) is 11.4. The average molecular weight is 296 g/mol. The van der Waals surface area contributed by atoms with Crippen LogP contribution in [0.3, 0.4) is 0 Å². The summed E-state index contributed by atoms with van der Waals surface area (Å²) in [5.41, 5.74) is 6.55. The predicted octanol–water partition coefficient (Wildman–Crippen LogP) is 1.55. The zero-order valence-electron chi connectivity index (χ0n) is 9.82. The Kier molecular flexibility index (Phi) is 3.26. The fourth-order valence-electron chi connectivity index (χ4n) is 1.81. The fourth-order valence-corrected chi connectivity index (χ4v) is 2.44. The van der Waals surface area contributed by atoms with Crippen LogP contribution in [0.2, 0.25) is 5.15 Å². The summed E-state index contributed by atoms with van der Waals surface area (Å²) < 4.78 is 0. The SMILES string of the molecule is Nc1nnc(/N=C2\CCN(c3ccc(Cl)nn3)C2)s1. The van der Waals surface area contributed by atoms with E-state index >= 15 is 0 Å². The molecular formula is C10H10ClN7S. The van der Waals surface area contributed by atoms with Crippen molar-refractivity contribution in [2.75, 3.05) is 23.7 Å². The van der Waals surface area contributed by atoms with Gasteiger partial charge < -0.3 is 10.6 Å². The molecular weight excluding hydrogens is 286 g/mol. The first-order valence-corrected chi connectivity index (χ1v) is 6.80. The van der Waals surface area contributed by atoms with E-state index in [4.69, 9.17) is 17.3 Å². The van der Waals surface area contributed by atoms with Crippen LogP contribution < -0.4 is 10.6 Å². The van der Waals surface area contributed by atoms with Gasteiger partial charge in [-0.15, -0.1) is 20.4 Å². The number of hydrogen-bond donors (Lipinski definition) is 1. The topological polar surface area (TPSA) is 93.2 Å². The molecule has 0 aromatic carbocycles. The highest BCUT2D eigenvalue weighted by atomic mass is 35.5. The fraction of sp³-hybridized carbons (Fsp3) is 0.300. The summed E-state index contributed by atoms with van der Waals surface area (Å²) in [6.07, 6.45) is 0.865. The number of nitrogen functional groups attached to an aromatic ring is 1. The van der Waals surface area contributed by atoms with Gasteiger partial charge in [-0.1, -0.05) is 22.9 Å². The number of rotatable bonds is 2. The molecule has 0 aliphatic carbocycles. The molecule has 9 heteroatoms. The maximum atomic E-state index is 5.72. The summed E-state index contributed by atoms with van der Waals surface area (Å²) >= 11 is 6.99. The Labute approximate surface area is 118 Å². The predicted molar refractivity (Wildman–Crippen MR) is 75.3 cm³/mol. The molecule has 1 aliphatic heterocycles. The van der Waals surface area contributed by atoms with E-state index in [0.717, 1.165) is 24.5 Å². The van der Waals surface area contributed by atoms with E-state index in [1.54, 1.807) is 6.07 Å². The molecule has 2 N–H and O–H groups in total. The number of anilines is 2. The van der Waals surface area contributed by atoms with Crippen LogP contribution in [-0.2, 0) is 0 Å². The van der Waals surface area contributed by atoms with Gasteiger partial charge in [-0.3, -0.25) is 0 Å². The molecule has 0 saturated carbocycles. The molecule has 0 unspecified atom stereocenters. The highest BCUT2D eigenvalue weighted by molar-refractivity contribution is 7.18. The summed E-state index contributed by atoms with van der Waals surface area (Å²) in [5.74, 6) is 0.798. The van der Waals surface area contributed by atoms with Crippen LogP contribution in [0.25, 0.3) is 0 Å². The van der Waals surface area contributed by atoms with Crippen LogP contribution >= 0.6 is 22.9 Å². The van der Waals surface area contributed by atoms with Crippen molar-refractivity contribution in [3.05, 3.63) is 17.3 Å². The minimum absolute atomic E-state index is 0.390. The smallest absolute Gasteiger partial charge is 0.233 e. The van der Waals surface area contributed by atoms with Gasteiger partial charge in [-0.05, 0) is 12.1 Å². The van der Waals surface area contributed by atoms with Crippen molar-refractivity contribution < 1.29 is 0 Å². The molecule has 0 atom stereocenters. The van der Waals surface area contributed by atoms with Gasteiger partial charge in [0.25, 0.3) is 0 Å². The lowest BCUT2D eigenvalue weighted by atomic mass is 10.3. The maximum Gasteiger partial charge on any atom is 0.233 e. The first-order chi connectivity index (χ1) is 9.20. The Bertz CT molecular complexity index is 609. The van der Waals surface area contributed by atoms with Crippen LogP contribution in [0.1, 0.15) is 6.42 Å². The lowest BCUT2D eigenvalue weighted by Crippen LogP contribution is -2.20. The summed E-state index contributed by atoms with van der Waals surface area (Å²) in [6, 6.07) is 3.58. The molecule has 7 nitrogen and oxygen atoms in total. The Balaban J connectivity index is 1.73. The van der Waals surface area contributed by atoms with E-state index in [2.05, 4.69) is 30.3 Å². The van der Waals surface area contributed by atoms with Crippen LogP contribution in [0.15, 0.2) is 17.1 Å². The number of hydrogen-bond acceptors (Lipinski definition) is 8. The van der Waals surface area contributed by atoms with Gasteiger partial charge in [0, 0.05) is 18.7 Å². The van der Waals surface area contributed by atoms with Gasteiger partial charge in [0.15, 0.2) is 11.0 Å². The molecule has 98 valence electrons. The Hall–Kier alpha value is -1.80. The monoisotopic (exact) mass is 295 g/mol. The number of halogens is 1. The van der Waals surface area contributed by atoms with E-state index in [0.29, 0.717) is 22.0 Å². The highest BCUT2D eigenvalue weighted by Crippen LogP contribution is 2.23. The summed E-state index contributed by atoms with van der Waals surface area (Å²) in [6.45, 7) is 1.55. The second kappa shape index (κ2) is 5.06. The van der Waals surface area contributed by atoms with E-state index < -0.39 is 0 Å². The molecule has 2 aromatic rings. The Morgan fingerprint density at radius 3 is 2.84 bits per heavy atom. The van der Waals surface area contributed by atoms with Crippen LogP contribution in [0.5, 0.6) is 0 Å². The Morgan fingerprint density at radius 2 is 2.16 bits per heavy atom. The Morgan fingerprint density at radius 1 is 1.26 bits per heavy atom. The molecule has 0 radical (unpaired) electrons. The van der Waals surface area contributed by atoms with Crippen molar-refractivity contribution in [1.29, 1.82) is 0 Å². The van der Waals surface area contributed by atoms with E-state index in [-0.39, 0.29) is 0 Å². The number of nitrogens with zero attached hydrogens (tertiary/aromatic N) is 6. The summed E-state index contributed by atoms with van der Waals surface area (Å²) in [4.78, 5) is 6.53. The minimum Gasteiger partial charge on any atom is -0.374 e. The van der Waals surface area contributed by atoms with Crippen molar-refractivity contribution >= 4 is 44.7 Å². The van der Waals surface area contributed by atoms with Crippen LogP contribution in [-0.4, -0.2) is 39.2 Å². The van der Waals surface area contributed by atoms with E-state index in [9.17, 15) is 0 Å². The van der Waals surface area contributed by atoms with Crippen molar-refractivity contribution in [2.45, 2.75) is 6.42 Å². The number of nitrogens with two attached hydrogens (primary N) is 1. The first kappa shape index (κ1) is 12.2. The third-order valence-corrected chi connectivity index (χ3v) is 3.52. The van der Waals surface area contributed by atoms with Crippen LogP contribution in [0, 0.1) is 0 Å². The van der Waals surface area contributed by atoms with Crippen molar-refractivity contribution in [2.24, 2.45) is 4.99 Å². The van der Waals surface area contributed by atoms with Gasteiger partial charge in [0.05, 0.1) is 6.54 Å². The van der Waals surface area contributed by atoms with Gasteiger partial charge in [-0.25, -0.2) is 4.99 Å². The van der Waals surface area contributed by atoms with Gasteiger partial charge in [0.1, 0.15) is 0 Å². The minimum atomic E-state index is 0.390. The van der Waals surface area contributed by atoms with Crippen molar-refractivity contribution in [3.8, 4) is 0 Å². The lowest BCUT2D eigenvalue weighted by molar-refractivity contribution is 0.896. The van der Waals surface area contributed by atoms with Crippen molar-refractivity contribution in [1.82, 2.24) is 20.4 Å². The normalized spacial score (nSPS) is 17.3. The lowest BCUT2D eigenvalue weighted by Gasteiger charge is -2.14. The number of aromatic nitrogens is 4. The van der Waals surface area contributed by atoms with E-state index in [1.165, 1.54) is 11.3 Å². The zero-order chi connectivity index (χ0) is 13.2. The third-order valence-electron chi connectivity index (χ3n) is 2.67.